The van der Waals surface area contributed by atoms with E-state index < -0.39 is 0 Å². The van der Waals surface area contributed by atoms with Gasteiger partial charge in [-0.15, -0.1) is 24.0 Å². The highest BCUT2D eigenvalue weighted by molar-refractivity contribution is 14.0. The Bertz CT molecular complexity index is 566. The maximum absolute atomic E-state index is 12.2. The molecule has 2 rings (SSSR count). The molecule has 25 heavy (non-hydrogen) atoms. The molecule has 0 bridgehead atoms. The van der Waals surface area contributed by atoms with Crippen LogP contribution < -0.4 is 10.6 Å². The van der Waals surface area contributed by atoms with Gasteiger partial charge in [-0.25, -0.2) is 0 Å². The first-order valence-electron chi connectivity index (χ1n) is 8.66. The fourth-order valence-electron chi connectivity index (χ4n) is 2.65. The molecule has 1 aliphatic carbocycles. The lowest BCUT2D eigenvalue weighted by Gasteiger charge is -2.18. The van der Waals surface area contributed by atoms with Gasteiger partial charge in [0.15, 0.2) is 5.96 Å². The molecule has 138 valence electrons. The van der Waals surface area contributed by atoms with Gasteiger partial charge in [0.2, 0.25) is 5.91 Å². The van der Waals surface area contributed by atoms with Crippen molar-refractivity contribution in [3.8, 4) is 0 Å². The smallest absolute Gasteiger partial charge is 0.224 e. The highest BCUT2D eigenvalue weighted by atomic mass is 127. The lowest BCUT2D eigenvalue weighted by atomic mass is 10.2. The molecule has 0 fully saturated rings. The molecule has 0 spiro atoms. The van der Waals surface area contributed by atoms with Crippen LogP contribution in [0.3, 0.4) is 0 Å². The molecule has 2 N–H and O–H groups in total. The third-order valence-electron chi connectivity index (χ3n) is 3.98. The Hall–Kier alpha value is -1.57. The highest BCUT2D eigenvalue weighted by Gasteiger charge is 2.12. The number of rotatable bonds is 7. The summed E-state index contributed by atoms with van der Waals surface area (Å²) >= 11 is 0. The van der Waals surface area contributed by atoms with Crippen molar-refractivity contribution < 1.29 is 4.79 Å². The summed E-state index contributed by atoms with van der Waals surface area (Å²) in [6.07, 6.45) is 6.85. The van der Waals surface area contributed by atoms with Crippen molar-refractivity contribution in [2.45, 2.75) is 38.8 Å². The van der Waals surface area contributed by atoms with Gasteiger partial charge in [0.05, 0.1) is 6.54 Å². The maximum Gasteiger partial charge on any atom is 0.224 e. The molecular weight excluding hydrogens is 427 g/mol. The predicted octanol–water partition coefficient (Wildman–Crippen LogP) is 2.93. The minimum atomic E-state index is 0. The molecule has 6 heteroatoms. The summed E-state index contributed by atoms with van der Waals surface area (Å²) < 4.78 is 0. The molecule has 0 saturated heterocycles. The lowest BCUT2D eigenvalue weighted by Crippen LogP contribution is -2.42. The molecule has 0 saturated carbocycles. The van der Waals surface area contributed by atoms with Crippen LogP contribution in [-0.4, -0.2) is 42.9 Å². The molecule has 0 aromatic heterocycles. The van der Waals surface area contributed by atoms with Gasteiger partial charge in [-0.05, 0) is 25.3 Å². The van der Waals surface area contributed by atoms with Gasteiger partial charge >= 0.3 is 0 Å². The van der Waals surface area contributed by atoms with E-state index in [1.54, 1.807) is 4.90 Å². The Morgan fingerprint density at radius 2 is 1.92 bits per heavy atom. The topological polar surface area (TPSA) is 56.7 Å². The van der Waals surface area contributed by atoms with Gasteiger partial charge in [-0.3, -0.25) is 9.79 Å². The molecular formula is C19H29IN4O. The molecule has 1 aromatic rings. The zero-order valence-corrected chi connectivity index (χ0v) is 17.4. The molecule has 0 heterocycles. The van der Waals surface area contributed by atoms with E-state index in [0.717, 1.165) is 30.9 Å². The normalized spacial score (nSPS) is 14.1. The van der Waals surface area contributed by atoms with Crippen LogP contribution in [0.4, 0.5) is 0 Å². The van der Waals surface area contributed by atoms with E-state index in [-0.39, 0.29) is 29.9 Å². The number of halogens is 1. The zero-order chi connectivity index (χ0) is 17.2. The number of amides is 1. The van der Waals surface area contributed by atoms with Crippen LogP contribution in [0.25, 0.3) is 0 Å². The van der Waals surface area contributed by atoms with Gasteiger partial charge in [0, 0.05) is 32.6 Å². The lowest BCUT2D eigenvalue weighted by molar-refractivity contribution is -0.130. The number of nitrogens with zero attached hydrogens (tertiary/aromatic N) is 2. The Morgan fingerprint density at radius 3 is 2.56 bits per heavy atom. The number of carbonyl (C=O) groups excluding carboxylic acids is 1. The molecule has 0 unspecified atom stereocenters. The van der Waals surface area contributed by atoms with E-state index in [1.807, 2.05) is 44.3 Å². The van der Waals surface area contributed by atoms with E-state index in [2.05, 4.69) is 27.8 Å². The fraction of sp³-hybridized carbons (Fsp3) is 0.474. The Morgan fingerprint density at radius 1 is 1.24 bits per heavy atom. The summed E-state index contributed by atoms with van der Waals surface area (Å²) in [7, 11) is 1.84. The summed E-state index contributed by atoms with van der Waals surface area (Å²) in [6, 6.07) is 10.4. The van der Waals surface area contributed by atoms with E-state index in [0.29, 0.717) is 25.6 Å². The molecule has 0 radical (unpaired) electrons. The van der Waals surface area contributed by atoms with Gasteiger partial charge in [0.25, 0.3) is 0 Å². The van der Waals surface area contributed by atoms with Crippen LogP contribution in [0.15, 0.2) is 47.5 Å². The highest BCUT2D eigenvalue weighted by Crippen LogP contribution is 2.08. The Kier molecular flexibility index (Phi) is 10.2. The third kappa shape index (κ3) is 7.90. The van der Waals surface area contributed by atoms with Crippen LogP contribution in [0.5, 0.6) is 0 Å². The molecule has 5 nitrogen and oxygen atoms in total. The Labute approximate surface area is 168 Å². The van der Waals surface area contributed by atoms with Crippen LogP contribution >= 0.6 is 24.0 Å². The Balaban J connectivity index is 0.00000312. The number of aliphatic imine (C=N–C) groups is 1. The van der Waals surface area contributed by atoms with Crippen molar-refractivity contribution in [2.24, 2.45) is 4.99 Å². The fourth-order valence-corrected chi connectivity index (χ4v) is 2.65. The number of hydrogen-bond acceptors (Lipinski definition) is 2. The summed E-state index contributed by atoms with van der Waals surface area (Å²) in [5.41, 5.74) is 1.14. The summed E-state index contributed by atoms with van der Waals surface area (Å²) in [4.78, 5) is 18.5. The minimum absolute atomic E-state index is 0. The second kappa shape index (κ2) is 11.9. The van der Waals surface area contributed by atoms with Crippen molar-refractivity contribution in [2.75, 3.05) is 20.1 Å². The van der Waals surface area contributed by atoms with Crippen LogP contribution in [0.1, 0.15) is 31.7 Å². The number of hydrogen-bond donors (Lipinski definition) is 2. The number of benzene rings is 1. The standard InChI is InChI=1S/C19H28N4O.HI/c1-3-20-19(22-17-11-7-8-12-17)21-14-13-18(24)23(2)15-16-9-5-4-6-10-16;/h4-10,17H,3,11-15H2,1-2H3,(H2,20,21,22);1H. The first kappa shape index (κ1) is 21.5. The zero-order valence-electron chi connectivity index (χ0n) is 15.1. The predicted molar refractivity (Wildman–Crippen MR) is 114 cm³/mol. The van der Waals surface area contributed by atoms with Gasteiger partial charge in [-0.2, -0.15) is 0 Å². The SMILES string of the molecule is CCNC(=NCCC(=O)N(C)Cc1ccccc1)NC1CC=CC1.I. The quantitative estimate of drug-likeness (QED) is 0.287. The first-order chi connectivity index (χ1) is 11.7. The van der Waals surface area contributed by atoms with Gasteiger partial charge in [0.1, 0.15) is 0 Å². The third-order valence-corrected chi connectivity index (χ3v) is 3.98. The number of guanidine groups is 1. The minimum Gasteiger partial charge on any atom is -0.357 e. The second-order valence-corrected chi connectivity index (χ2v) is 6.03. The van der Waals surface area contributed by atoms with E-state index in [4.69, 9.17) is 0 Å². The van der Waals surface area contributed by atoms with Crippen molar-refractivity contribution in [3.63, 3.8) is 0 Å². The second-order valence-electron chi connectivity index (χ2n) is 6.03. The summed E-state index contributed by atoms with van der Waals surface area (Å²) in [5, 5.41) is 6.65. The summed E-state index contributed by atoms with van der Waals surface area (Å²) in [5.74, 6) is 0.908. The summed E-state index contributed by atoms with van der Waals surface area (Å²) in [6.45, 7) is 3.99. The van der Waals surface area contributed by atoms with Crippen LogP contribution in [0, 0.1) is 0 Å². The van der Waals surface area contributed by atoms with E-state index in [1.165, 1.54) is 0 Å². The van der Waals surface area contributed by atoms with Gasteiger partial charge in [-0.1, -0.05) is 42.5 Å². The number of nitrogens with one attached hydrogen (secondary N) is 2. The molecule has 1 aliphatic rings. The number of carbonyl (C=O) groups is 1. The molecule has 0 atom stereocenters. The largest absolute Gasteiger partial charge is 0.357 e. The average Bonchev–Trinajstić information content (AvgIpc) is 3.09. The van der Waals surface area contributed by atoms with Crippen LogP contribution in [0.2, 0.25) is 0 Å². The monoisotopic (exact) mass is 456 g/mol. The van der Waals surface area contributed by atoms with E-state index in [9.17, 15) is 4.79 Å². The van der Waals surface area contributed by atoms with Crippen LogP contribution in [-0.2, 0) is 11.3 Å². The van der Waals surface area contributed by atoms with Crippen molar-refractivity contribution in [3.05, 3.63) is 48.0 Å². The maximum atomic E-state index is 12.2. The van der Waals surface area contributed by atoms with Crippen molar-refractivity contribution in [1.29, 1.82) is 0 Å². The average molecular weight is 456 g/mol. The van der Waals surface area contributed by atoms with Crippen molar-refractivity contribution >= 4 is 35.8 Å². The van der Waals surface area contributed by atoms with Gasteiger partial charge < -0.3 is 15.5 Å². The first-order valence-corrected chi connectivity index (χ1v) is 8.66. The molecule has 1 amide bonds. The van der Waals surface area contributed by atoms with Crippen molar-refractivity contribution in [1.82, 2.24) is 15.5 Å². The molecule has 0 aliphatic heterocycles. The molecule has 1 aromatic carbocycles. The van der Waals surface area contributed by atoms with E-state index >= 15 is 0 Å².